The Kier molecular flexibility index (Phi) is 5.79. The van der Waals surface area contributed by atoms with Crippen molar-refractivity contribution in [2.45, 2.75) is 18.7 Å². The molecule has 0 atom stereocenters. The van der Waals surface area contributed by atoms with Crippen LogP contribution in [-0.2, 0) is 14.8 Å². The number of rotatable bonds is 7. The number of aromatic nitrogens is 3. The highest BCUT2D eigenvalue weighted by Gasteiger charge is 2.39. The number of aliphatic hydroxyl groups excluding tert-OH is 1. The second-order valence-corrected chi connectivity index (χ2v) is 10.7. The van der Waals surface area contributed by atoms with Crippen molar-refractivity contribution in [2.75, 3.05) is 32.1 Å². The van der Waals surface area contributed by atoms with Gasteiger partial charge >= 0.3 is 0 Å². The molecule has 1 aromatic carbocycles. The molecule has 4 N–H and O–H groups in total. The van der Waals surface area contributed by atoms with E-state index >= 15 is 0 Å². The van der Waals surface area contributed by atoms with Crippen molar-refractivity contribution >= 4 is 27.2 Å². The van der Waals surface area contributed by atoms with Crippen LogP contribution in [0.5, 0.6) is 0 Å². The number of ether oxygens (including phenoxy) is 1. The average molecular weight is 462 g/mol. The number of benzene rings is 1. The molecule has 0 saturated carbocycles. The molecule has 0 spiro atoms. The number of nitrogens with one attached hydrogen (secondary N) is 1. The van der Waals surface area contributed by atoms with Gasteiger partial charge in [0.15, 0.2) is 5.82 Å². The first kappa shape index (κ1) is 21.8. The second kappa shape index (κ2) is 8.24. The van der Waals surface area contributed by atoms with Gasteiger partial charge in [0.05, 0.1) is 51.9 Å². The minimum atomic E-state index is -3.79. The van der Waals surface area contributed by atoms with Crippen LogP contribution in [0.15, 0.2) is 35.5 Å². The Hall–Kier alpha value is -2.44. The third-order valence-electron chi connectivity index (χ3n) is 5.24. The highest BCUT2D eigenvalue weighted by molar-refractivity contribution is 7.89. The van der Waals surface area contributed by atoms with Crippen LogP contribution in [0.3, 0.4) is 0 Å². The summed E-state index contributed by atoms with van der Waals surface area (Å²) in [6.45, 7) is 4.38. The predicted molar refractivity (Wildman–Crippen MR) is 118 cm³/mol. The smallest absolute Gasteiger partial charge is 0.240 e. The zero-order chi connectivity index (χ0) is 22.2. The molecule has 9 nitrogen and oxygen atoms in total. The lowest BCUT2D eigenvalue weighted by Crippen LogP contribution is -2.53. The topological polar surface area (TPSA) is 140 Å². The summed E-state index contributed by atoms with van der Waals surface area (Å²) in [5.74, 6) is 0.285. The van der Waals surface area contributed by atoms with E-state index in [9.17, 15) is 13.5 Å². The quantitative estimate of drug-likeness (QED) is 0.483. The molecule has 0 unspecified atom stereocenters. The van der Waals surface area contributed by atoms with E-state index in [1.54, 1.807) is 24.4 Å². The molecule has 1 saturated heterocycles. The summed E-state index contributed by atoms with van der Waals surface area (Å²) in [5, 5.41) is 10.4. The lowest BCUT2D eigenvalue weighted by atomic mass is 9.87. The monoisotopic (exact) mass is 461 g/mol. The van der Waals surface area contributed by atoms with Crippen molar-refractivity contribution in [3.05, 3.63) is 41.2 Å². The Morgan fingerprint density at radius 2 is 2.03 bits per heavy atom. The van der Waals surface area contributed by atoms with E-state index in [1.165, 1.54) is 17.5 Å². The van der Waals surface area contributed by atoms with Crippen LogP contribution >= 0.6 is 11.3 Å². The fourth-order valence-electron chi connectivity index (χ4n) is 3.20. The molecule has 11 heteroatoms. The number of nitrogens with zero attached hydrogens (tertiary/aromatic N) is 3. The summed E-state index contributed by atoms with van der Waals surface area (Å²) >= 11 is 1.46. The number of anilines is 1. The molecular weight excluding hydrogens is 438 g/mol. The fourth-order valence-corrected chi connectivity index (χ4v) is 5.16. The van der Waals surface area contributed by atoms with Gasteiger partial charge in [-0.05, 0) is 31.5 Å². The van der Waals surface area contributed by atoms with Crippen LogP contribution in [0.25, 0.3) is 21.8 Å². The van der Waals surface area contributed by atoms with E-state index in [0.29, 0.717) is 30.2 Å². The SMILES string of the molecule is Cc1ncc(-c2nc(-c3cc(S(=O)(=O)NCC4(CO)COC4)ccc3C)cnc2N)s1. The first-order valence-electron chi connectivity index (χ1n) is 9.58. The summed E-state index contributed by atoms with van der Waals surface area (Å²) < 4.78 is 33.5. The summed E-state index contributed by atoms with van der Waals surface area (Å²) in [6.07, 6.45) is 3.23. The minimum Gasteiger partial charge on any atom is -0.396 e. The maximum Gasteiger partial charge on any atom is 0.240 e. The third kappa shape index (κ3) is 4.32. The van der Waals surface area contributed by atoms with Crippen molar-refractivity contribution in [1.29, 1.82) is 0 Å². The van der Waals surface area contributed by atoms with Gasteiger partial charge < -0.3 is 15.6 Å². The average Bonchev–Trinajstić information content (AvgIpc) is 3.14. The normalized spacial score (nSPS) is 15.6. The Morgan fingerprint density at radius 1 is 1.26 bits per heavy atom. The highest BCUT2D eigenvalue weighted by Crippen LogP contribution is 2.32. The predicted octanol–water partition coefficient (Wildman–Crippen LogP) is 1.75. The third-order valence-corrected chi connectivity index (χ3v) is 7.56. The van der Waals surface area contributed by atoms with Crippen LogP contribution in [0, 0.1) is 19.3 Å². The van der Waals surface area contributed by atoms with Crippen molar-refractivity contribution in [3.63, 3.8) is 0 Å². The maximum atomic E-state index is 12.9. The van der Waals surface area contributed by atoms with Gasteiger partial charge in [-0.3, -0.25) is 0 Å². The highest BCUT2D eigenvalue weighted by atomic mass is 32.2. The molecule has 4 rings (SSSR count). The first-order valence-corrected chi connectivity index (χ1v) is 11.9. The molecule has 0 amide bonds. The number of aryl methyl sites for hydroxylation is 2. The number of thiazole rings is 1. The van der Waals surface area contributed by atoms with Crippen molar-refractivity contribution < 1.29 is 18.3 Å². The molecule has 1 fully saturated rings. The van der Waals surface area contributed by atoms with Crippen molar-refractivity contribution in [3.8, 4) is 21.8 Å². The van der Waals surface area contributed by atoms with E-state index in [4.69, 9.17) is 10.5 Å². The van der Waals surface area contributed by atoms with Crippen molar-refractivity contribution in [1.82, 2.24) is 19.7 Å². The molecule has 0 aliphatic carbocycles. The molecule has 3 aromatic rings. The Labute approximate surface area is 184 Å². The molecule has 0 bridgehead atoms. The Morgan fingerprint density at radius 3 is 2.65 bits per heavy atom. The minimum absolute atomic E-state index is 0.103. The second-order valence-electron chi connectivity index (χ2n) is 7.68. The molecular formula is C20H23N5O4S2. The van der Waals surface area contributed by atoms with Crippen LogP contribution in [0.1, 0.15) is 10.6 Å². The summed E-state index contributed by atoms with van der Waals surface area (Å²) in [6, 6.07) is 4.84. The molecule has 2 aromatic heterocycles. The molecule has 1 aliphatic rings. The van der Waals surface area contributed by atoms with Crippen LogP contribution in [-0.4, -0.2) is 54.8 Å². The first-order chi connectivity index (χ1) is 14.7. The van der Waals surface area contributed by atoms with Gasteiger partial charge in [0.2, 0.25) is 10.0 Å². The van der Waals surface area contributed by atoms with Crippen LogP contribution < -0.4 is 10.5 Å². The largest absolute Gasteiger partial charge is 0.396 e. The van der Waals surface area contributed by atoms with Crippen LogP contribution in [0.2, 0.25) is 0 Å². The van der Waals surface area contributed by atoms with Gasteiger partial charge in [-0.1, -0.05) is 6.07 Å². The molecule has 0 radical (unpaired) electrons. The van der Waals surface area contributed by atoms with Crippen molar-refractivity contribution in [2.24, 2.45) is 5.41 Å². The van der Waals surface area contributed by atoms with Gasteiger partial charge in [-0.15, -0.1) is 11.3 Å². The zero-order valence-corrected chi connectivity index (χ0v) is 18.8. The van der Waals surface area contributed by atoms with E-state index in [-0.39, 0.29) is 23.9 Å². The number of nitrogen functional groups attached to an aromatic ring is 1. The van der Waals surface area contributed by atoms with Gasteiger partial charge in [0.25, 0.3) is 0 Å². The van der Waals surface area contributed by atoms with E-state index < -0.39 is 15.4 Å². The standard InChI is InChI=1S/C20H23N5O4S2/c1-12-3-4-14(31(27,28)24-8-20(9-26)10-29-11-20)5-15(12)16-6-23-19(21)18(25-16)17-7-22-13(2)30-17/h3-7,24,26H,8-11H2,1-2H3,(H2,21,23). The van der Waals surface area contributed by atoms with E-state index in [2.05, 4.69) is 19.7 Å². The summed E-state index contributed by atoms with van der Waals surface area (Å²) in [4.78, 5) is 14.1. The molecule has 164 valence electrons. The summed E-state index contributed by atoms with van der Waals surface area (Å²) in [5.41, 5.74) is 7.99. The van der Waals surface area contributed by atoms with Crippen LogP contribution in [0.4, 0.5) is 5.82 Å². The Balaban J connectivity index is 1.67. The van der Waals surface area contributed by atoms with E-state index in [0.717, 1.165) is 15.4 Å². The zero-order valence-electron chi connectivity index (χ0n) is 17.1. The molecule has 3 heterocycles. The number of sulfonamides is 1. The summed E-state index contributed by atoms with van der Waals surface area (Å²) in [7, 11) is -3.79. The van der Waals surface area contributed by atoms with Gasteiger partial charge in [-0.25, -0.2) is 28.1 Å². The van der Waals surface area contributed by atoms with Gasteiger partial charge in [-0.2, -0.15) is 0 Å². The fraction of sp³-hybridized carbons (Fsp3) is 0.350. The number of aliphatic hydroxyl groups is 1. The van der Waals surface area contributed by atoms with E-state index in [1.807, 2.05) is 13.8 Å². The number of hydrogen-bond acceptors (Lipinski definition) is 9. The lowest BCUT2D eigenvalue weighted by Gasteiger charge is -2.39. The Bertz CT molecular complexity index is 1220. The maximum absolute atomic E-state index is 12.9. The van der Waals surface area contributed by atoms with Gasteiger partial charge in [0.1, 0.15) is 5.69 Å². The lowest BCUT2D eigenvalue weighted by molar-refractivity contribution is -0.132. The molecule has 31 heavy (non-hydrogen) atoms. The number of nitrogens with two attached hydrogens (primary N) is 1. The molecule has 1 aliphatic heterocycles. The number of hydrogen-bond donors (Lipinski definition) is 3. The van der Waals surface area contributed by atoms with Gasteiger partial charge in [0, 0.05) is 18.3 Å².